The third kappa shape index (κ3) is 3.92. The van der Waals surface area contributed by atoms with Crippen molar-refractivity contribution < 1.29 is 14.7 Å². The van der Waals surface area contributed by atoms with Crippen molar-refractivity contribution in [1.29, 1.82) is 0 Å². The van der Waals surface area contributed by atoms with E-state index in [1.54, 1.807) is 0 Å². The van der Waals surface area contributed by atoms with Crippen molar-refractivity contribution in [2.24, 2.45) is 0 Å². The lowest BCUT2D eigenvalue weighted by atomic mass is 10.0. The summed E-state index contributed by atoms with van der Waals surface area (Å²) in [4.78, 5) is 22.9. The maximum Gasteiger partial charge on any atom is 0.326 e. The van der Waals surface area contributed by atoms with Crippen molar-refractivity contribution in [1.82, 2.24) is 5.32 Å². The number of carbonyl (C=O) groups is 2. The first-order valence-corrected chi connectivity index (χ1v) is 6.71. The van der Waals surface area contributed by atoms with Gasteiger partial charge in [0.25, 0.3) is 0 Å². The standard InChI is InChI=1S/C17H17NO3/c1-2-5-15(17(20)21)18-16(19)11-12-8-9-13-6-3-4-7-14(13)10-12/h2-4,6-10,15H,1,5,11H2,(H,18,19)(H,20,21)/t15-/m1/s1. The molecule has 0 spiro atoms. The molecule has 2 aromatic carbocycles. The Balaban J connectivity index is 2.06. The van der Waals surface area contributed by atoms with Crippen molar-refractivity contribution >= 4 is 22.6 Å². The molecular weight excluding hydrogens is 266 g/mol. The second-order valence-corrected chi connectivity index (χ2v) is 4.84. The molecule has 1 atom stereocenters. The summed E-state index contributed by atoms with van der Waals surface area (Å²) in [6, 6.07) is 12.7. The Morgan fingerprint density at radius 1 is 1.19 bits per heavy atom. The number of nitrogens with one attached hydrogen (secondary N) is 1. The Bertz CT molecular complexity index is 679. The molecule has 0 bridgehead atoms. The maximum atomic E-state index is 11.9. The van der Waals surface area contributed by atoms with Gasteiger partial charge < -0.3 is 10.4 Å². The normalized spacial score (nSPS) is 11.8. The SMILES string of the molecule is C=CC[C@@H](NC(=O)Cc1ccc2ccccc2c1)C(=O)O. The molecule has 0 radical (unpaired) electrons. The summed E-state index contributed by atoms with van der Waals surface area (Å²) in [6.45, 7) is 3.49. The zero-order valence-electron chi connectivity index (χ0n) is 11.6. The van der Waals surface area contributed by atoms with Crippen LogP contribution in [0.25, 0.3) is 10.8 Å². The van der Waals surface area contributed by atoms with Crippen molar-refractivity contribution in [3.05, 3.63) is 60.7 Å². The number of aliphatic carboxylic acids is 1. The van der Waals surface area contributed by atoms with Crippen molar-refractivity contribution in [3.63, 3.8) is 0 Å². The summed E-state index contributed by atoms with van der Waals surface area (Å²) >= 11 is 0. The summed E-state index contributed by atoms with van der Waals surface area (Å²) in [5.74, 6) is -1.36. The Labute approximate surface area is 123 Å². The molecule has 4 nitrogen and oxygen atoms in total. The van der Waals surface area contributed by atoms with Crippen molar-refractivity contribution in [2.45, 2.75) is 18.9 Å². The van der Waals surface area contributed by atoms with E-state index in [9.17, 15) is 9.59 Å². The van der Waals surface area contributed by atoms with Crippen LogP contribution in [-0.4, -0.2) is 23.0 Å². The number of amides is 1. The molecule has 0 unspecified atom stereocenters. The van der Waals surface area contributed by atoms with E-state index < -0.39 is 12.0 Å². The lowest BCUT2D eigenvalue weighted by Gasteiger charge is -2.12. The predicted octanol–water partition coefficient (Wildman–Crippen LogP) is 2.53. The number of benzene rings is 2. The molecule has 2 rings (SSSR count). The van der Waals surface area contributed by atoms with E-state index in [1.807, 2.05) is 42.5 Å². The highest BCUT2D eigenvalue weighted by molar-refractivity contribution is 5.87. The van der Waals surface area contributed by atoms with Crippen LogP contribution in [0.15, 0.2) is 55.1 Å². The Morgan fingerprint density at radius 2 is 1.90 bits per heavy atom. The van der Waals surface area contributed by atoms with E-state index in [1.165, 1.54) is 6.08 Å². The minimum absolute atomic E-state index is 0.158. The molecule has 0 heterocycles. The van der Waals surface area contributed by atoms with Gasteiger partial charge in [0.1, 0.15) is 6.04 Å². The second-order valence-electron chi connectivity index (χ2n) is 4.84. The monoisotopic (exact) mass is 283 g/mol. The number of hydrogen-bond acceptors (Lipinski definition) is 2. The quantitative estimate of drug-likeness (QED) is 0.801. The molecule has 2 N–H and O–H groups in total. The van der Waals surface area contributed by atoms with E-state index in [0.717, 1.165) is 16.3 Å². The fourth-order valence-electron chi connectivity index (χ4n) is 2.17. The molecule has 21 heavy (non-hydrogen) atoms. The molecule has 0 aliphatic rings. The van der Waals surface area contributed by atoms with Crippen LogP contribution in [0.3, 0.4) is 0 Å². The number of hydrogen-bond donors (Lipinski definition) is 2. The third-order valence-corrected chi connectivity index (χ3v) is 3.21. The summed E-state index contributed by atoms with van der Waals surface area (Å²) in [6.07, 6.45) is 1.85. The van der Waals surface area contributed by atoms with E-state index >= 15 is 0 Å². The first-order chi connectivity index (χ1) is 10.1. The van der Waals surface area contributed by atoms with Gasteiger partial charge in [0.2, 0.25) is 5.91 Å². The summed E-state index contributed by atoms with van der Waals surface area (Å²) in [5, 5.41) is 13.7. The van der Waals surface area contributed by atoms with Gasteiger partial charge >= 0.3 is 5.97 Å². The molecule has 108 valence electrons. The van der Waals surface area contributed by atoms with Gasteiger partial charge in [0.15, 0.2) is 0 Å². The summed E-state index contributed by atoms with van der Waals surface area (Å²) < 4.78 is 0. The highest BCUT2D eigenvalue weighted by Crippen LogP contribution is 2.16. The van der Waals surface area contributed by atoms with Gasteiger partial charge in [-0.2, -0.15) is 0 Å². The molecule has 0 aliphatic carbocycles. The van der Waals surface area contributed by atoms with Gasteiger partial charge in [-0.05, 0) is 22.8 Å². The first-order valence-electron chi connectivity index (χ1n) is 6.71. The molecule has 2 aromatic rings. The molecule has 0 aromatic heterocycles. The summed E-state index contributed by atoms with van der Waals surface area (Å²) in [7, 11) is 0. The third-order valence-electron chi connectivity index (χ3n) is 3.21. The molecular formula is C17H17NO3. The zero-order valence-corrected chi connectivity index (χ0v) is 11.6. The maximum absolute atomic E-state index is 11.9. The van der Waals surface area contributed by atoms with Gasteiger partial charge in [0.05, 0.1) is 6.42 Å². The van der Waals surface area contributed by atoms with Crippen molar-refractivity contribution in [2.75, 3.05) is 0 Å². The highest BCUT2D eigenvalue weighted by atomic mass is 16.4. The van der Waals surface area contributed by atoms with E-state index in [-0.39, 0.29) is 18.7 Å². The Hall–Kier alpha value is -2.62. The fraction of sp³-hybridized carbons (Fsp3) is 0.176. The number of carbonyl (C=O) groups excluding carboxylic acids is 1. The van der Waals surface area contributed by atoms with Crippen molar-refractivity contribution in [3.8, 4) is 0 Å². The van der Waals surface area contributed by atoms with Gasteiger partial charge in [-0.3, -0.25) is 4.79 Å². The van der Waals surface area contributed by atoms with Gasteiger partial charge in [-0.1, -0.05) is 48.5 Å². The van der Waals surface area contributed by atoms with Crippen LogP contribution < -0.4 is 5.32 Å². The molecule has 0 fully saturated rings. The number of fused-ring (bicyclic) bond motifs is 1. The number of carboxylic acids is 1. The van der Waals surface area contributed by atoms with E-state index in [0.29, 0.717) is 0 Å². The molecule has 4 heteroatoms. The van der Waals surface area contributed by atoms with Crippen LogP contribution in [0, 0.1) is 0 Å². The van der Waals surface area contributed by atoms with Gasteiger partial charge in [0, 0.05) is 0 Å². The minimum Gasteiger partial charge on any atom is -0.480 e. The molecule has 0 saturated heterocycles. The smallest absolute Gasteiger partial charge is 0.326 e. The summed E-state index contributed by atoms with van der Waals surface area (Å²) in [5.41, 5.74) is 0.856. The lowest BCUT2D eigenvalue weighted by Crippen LogP contribution is -2.41. The Kier molecular flexibility index (Phi) is 4.72. The average Bonchev–Trinajstić information content (AvgIpc) is 2.46. The second kappa shape index (κ2) is 6.70. The van der Waals surface area contributed by atoms with Crippen LogP contribution in [-0.2, 0) is 16.0 Å². The molecule has 0 saturated carbocycles. The van der Waals surface area contributed by atoms with Crippen LogP contribution >= 0.6 is 0 Å². The first kappa shape index (κ1) is 14.8. The predicted molar refractivity (Wildman–Crippen MR) is 82.0 cm³/mol. The zero-order chi connectivity index (χ0) is 15.2. The largest absolute Gasteiger partial charge is 0.480 e. The van der Waals surface area contributed by atoms with Gasteiger partial charge in [-0.25, -0.2) is 4.79 Å². The fourth-order valence-corrected chi connectivity index (χ4v) is 2.17. The van der Waals surface area contributed by atoms with Crippen LogP contribution in [0.5, 0.6) is 0 Å². The minimum atomic E-state index is -1.05. The molecule has 0 aliphatic heterocycles. The molecule has 1 amide bonds. The average molecular weight is 283 g/mol. The van der Waals surface area contributed by atoms with E-state index in [4.69, 9.17) is 5.11 Å². The van der Waals surface area contributed by atoms with Crippen LogP contribution in [0.4, 0.5) is 0 Å². The number of rotatable bonds is 6. The topological polar surface area (TPSA) is 66.4 Å². The van der Waals surface area contributed by atoms with E-state index in [2.05, 4.69) is 11.9 Å². The highest BCUT2D eigenvalue weighted by Gasteiger charge is 2.18. The number of carboxylic acid groups (broad SMARTS) is 1. The Morgan fingerprint density at radius 3 is 2.57 bits per heavy atom. The lowest BCUT2D eigenvalue weighted by molar-refractivity contribution is -0.141. The van der Waals surface area contributed by atoms with Crippen LogP contribution in [0.1, 0.15) is 12.0 Å². The van der Waals surface area contributed by atoms with Gasteiger partial charge in [-0.15, -0.1) is 6.58 Å². The van der Waals surface area contributed by atoms with Crippen LogP contribution in [0.2, 0.25) is 0 Å².